The summed E-state index contributed by atoms with van der Waals surface area (Å²) in [6, 6.07) is 8.36. The highest BCUT2D eigenvalue weighted by atomic mass is 127. The summed E-state index contributed by atoms with van der Waals surface area (Å²) >= 11 is 0. The van der Waals surface area contributed by atoms with Crippen molar-refractivity contribution in [1.29, 1.82) is 0 Å². The summed E-state index contributed by atoms with van der Waals surface area (Å²) in [7, 11) is 3.50. The molecule has 0 unspecified atom stereocenters. The molecule has 1 saturated heterocycles. The van der Waals surface area contributed by atoms with Crippen LogP contribution >= 0.6 is 24.0 Å². The lowest BCUT2D eigenvalue weighted by Gasteiger charge is -2.22. The van der Waals surface area contributed by atoms with Gasteiger partial charge in [0.2, 0.25) is 5.91 Å². The zero-order valence-electron chi connectivity index (χ0n) is 18.5. The second kappa shape index (κ2) is 15.4. The largest absolute Gasteiger partial charge is 0.381 e. The number of carbonyl (C=O) groups is 1. The zero-order valence-corrected chi connectivity index (χ0v) is 20.8. The van der Waals surface area contributed by atoms with Crippen molar-refractivity contribution in [2.75, 3.05) is 40.4 Å². The van der Waals surface area contributed by atoms with Gasteiger partial charge in [-0.2, -0.15) is 0 Å². The van der Waals surface area contributed by atoms with Crippen LogP contribution in [0.2, 0.25) is 0 Å². The molecular formula is C22H37IN4O3. The van der Waals surface area contributed by atoms with E-state index in [1.54, 1.807) is 19.0 Å². The van der Waals surface area contributed by atoms with Crippen LogP contribution < -0.4 is 10.6 Å². The molecule has 1 amide bonds. The van der Waals surface area contributed by atoms with E-state index in [1.165, 1.54) is 5.56 Å². The smallest absolute Gasteiger partial charge is 0.241 e. The molecule has 170 valence electrons. The lowest BCUT2D eigenvalue weighted by Crippen LogP contribution is -2.43. The first-order chi connectivity index (χ1) is 14.1. The Morgan fingerprint density at radius 1 is 1.17 bits per heavy atom. The van der Waals surface area contributed by atoms with Crippen LogP contribution in [0.3, 0.4) is 0 Å². The number of likely N-dealkylation sites (N-methyl/N-ethyl adjacent to an activating group) is 1. The molecule has 1 aliphatic heterocycles. The van der Waals surface area contributed by atoms with Crippen LogP contribution in [0.4, 0.5) is 0 Å². The van der Waals surface area contributed by atoms with E-state index in [0.717, 1.165) is 51.0 Å². The molecule has 30 heavy (non-hydrogen) atoms. The molecule has 1 heterocycles. The Labute approximate surface area is 198 Å². The van der Waals surface area contributed by atoms with Gasteiger partial charge in [0, 0.05) is 33.9 Å². The van der Waals surface area contributed by atoms with E-state index in [4.69, 9.17) is 9.47 Å². The molecule has 0 bridgehead atoms. The predicted octanol–water partition coefficient (Wildman–Crippen LogP) is 2.92. The summed E-state index contributed by atoms with van der Waals surface area (Å²) in [6.45, 7) is 5.99. The van der Waals surface area contributed by atoms with Gasteiger partial charge in [0.1, 0.15) is 0 Å². The molecule has 0 aliphatic carbocycles. The Kier molecular flexibility index (Phi) is 13.7. The topological polar surface area (TPSA) is 75.2 Å². The number of aliphatic imine (C=N–C) groups is 1. The Hall–Kier alpha value is -1.39. The molecule has 0 saturated carbocycles. The van der Waals surface area contributed by atoms with Crippen LogP contribution in [0.1, 0.15) is 43.7 Å². The highest BCUT2D eigenvalue weighted by Crippen LogP contribution is 2.14. The van der Waals surface area contributed by atoms with Gasteiger partial charge in [0.15, 0.2) is 5.96 Å². The molecule has 0 aromatic heterocycles. The van der Waals surface area contributed by atoms with E-state index >= 15 is 0 Å². The second-order valence-corrected chi connectivity index (χ2v) is 7.53. The number of nitrogens with one attached hydrogen (secondary N) is 2. The monoisotopic (exact) mass is 532 g/mol. The van der Waals surface area contributed by atoms with Crippen LogP contribution in [-0.4, -0.2) is 63.3 Å². The zero-order chi connectivity index (χ0) is 20.9. The number of benzene rings is 1. The van der Waals surface area contributed by atoms with Gasteiger partial charge in [0.05, 0.1) is 25.8 Å². The number of ether oxygens (including phenoxy) is 2. The normalized spacial score (nSPS) is 14.7. The van der Waals surface area contributed by atoms with Crippen LogP contribution in [0.15, 0.2) is 29.3 Å². The van der Waals surface area contributed by atoms with E-state index in [9.17, 15) is 4.79 Å². The van der Waals surface area contributed by atoms with E-state index in [0.29, 0.717) is 25.2 Å². The minimum absolute atomic E-state index is 0. The van der Waals surface area contributed by atoms with Crippen LogP contribution in [0, 0.1) is 0 Å². The second-order valence-electron chi connectivity index (χ2n) is 7.53. The molecule has 0 radical (unpaired) electrons. The van der Waals surface area contributed by atoms with Crippen molar-refractivity contribution in [1.82, 2.24) is 15.5 Å². The highest BCUT2D eigenvalue weighted by Gasteiger charge is 2.13. The lowest BCUT2D eigenvalue weighted by molar-refractivity contribution is -0.127. The fourth-order valence-electron chi connectivity index (χ4n) is 2.84. The number of amides is 1. The third kappa shape index (κ3) is 10.6. The molecule has 0 spiro atoms. The first-order valence-corrected chi connectivity index (χ1v) is 10.6. The summed E-state index contributed by atoms with van der Waals surface area (Å²) in [5, 5.41) is 6.41. The number of hydrogen-bond donors (Lipinski definition) is 2. The first-order valence-electron chi connectivity index (χ1n) is 10.6. The maximum Gasteiger partial charge on any atom is 0.241 e. The molecule has 1 fully saturated rings. The van der Waals surface area contributed by atoms with Crippen molar-refractivity contribution in [3.05, 3.63) is 35.4 Å². The Bertz CT molecular complexity index is 632. The van der Waals surface area contributed by atoms with Gasteiger partial charge >= 0.3 is 0 Å². The molecule has 2 rings (SSSR count). The molecule has 1 aliphatic rings. The fraction of sp³-hybridized carbons (Fsp3) is 0.636. The van der Waals surface area contributed by atoms with Crippen LogP contribution in [0.5, 0.6) is 0 Å². The van der Waals surface area contributed by atoms with Crippen molar-refractivity contribution < 1.29 is 14.3 Å². The molecule has 2 N–H and O–H groups in total. The van der Waals surface area contributed by atoms with E-state index in [2.05, 4.69) is 46.8 Å². The van der Waals surface area contributed by atoms with Gasteiger partial charge in [-0.05, 0) is 30.4 Å². The third-order valence-electron chi connectivity index (χ3n) is 4.83. The van der Waals surface area contributed by atoms with Gasteiger partial charge in [-0.3, -0.25) is 4.79 Å². The summed E-state index contributed by atoms with van der Waals surface area (Å²) in [5.41, 5.74) is 2.29. The minimum Gasteiger partial charge on any atom is -0.381 e. The Morgan fingerprint density at radius 2 is 1.83 bits per heavy atom. The van der Waals surface area contributed by atoms with Crippen molar-refractivity contribution in [2.45, 2.75) is 51.9 Å². The van der Waals surface area contributed by atoms with Gasteiger partial charge < -0.3 is 25.0 Å². The van der Waals surface area contributed by atoms with Crippen molar-refractivity contribution in [3.63, 3.8) is 0 Å². The lowest BCUT2D eigenvalue weighted by atomic mass is 10.1. The number of hydrogen-bond acceptors (Lipinski definition) is 4. The number of halogens is 1. The maximum absolute atomic E-state index is 11.8. The summed E-state index contributed by atoms with van der Waals surface area (Å²) in [4.78, 5) is 18.0. The van der Waals surface area contributed by atoms with Crippen molar-refractivity contribution in [2.24, 2.45) is 4.99 Å². The van der Waals surface area contributed by atoms with Gasteiger partial charge in [-0.15, -0.1) is 24.0 Å². The van der Waals surface area contributed by atoms with Crippen LogP contribution in [-0.2, 0) is 27.4 Å². The number of rotatable bonds is 10. The highest BCUT2D eigenvalue weighted by molar-refractivity contribution is 14.0. The number of guanidine groups is 1. The molecular weight excluding hydrogens is 495 g/mol. The first kappa shape index (κ1) is 26.6. The Balaban J connectivity index is 0.00000450. The van der Waals surface area contributed by atoms with Crippen LogP contribution in [0.25, 0.3) is 0 Å². The average molecular weight is 532 g/mol. The summed E-state index contributed by atoms with van der Waals surface area (Å²) < 4.78 is 11.3. The quantitative estimate of drug-likeness (QED) is 0.210. The average Bonchev–Trinajstić information content (AvgIpc) is 2.75. The van der Waals surface area contributed by atoms with Gasteiger partial charge in [0.25, 0.3) is 0 Å². The summed E-state index contributed by atoms with van der Waals surface area (Å²) in [5.74, 6) is 0.685. The molecule has 1 aromatic carbocycles. The molecule has 0 atom stereocenters. The Morgan fingerprint density at radius 3 is 2.47 bits per heavy atom. The van der Waals surface area contributed by atoms with Gasteiger partial charge in [-0.1, -0.05) is 37.6 Å². The van der Waals surface area contributed by atoms with Crippen molar-refractivity contribution >= 4 is 35.8 Å². The predicted molar refractivity (Wildman–Crippen MR) is 131 cm³/mol. The van der Waals surface area contributed by atoms with E-state index < -0.39 is 0 Å². The maximum atomic E-state index is 11.8. The molecule has 8 heteroatoms. The van der Waals surface area contributed by atoms with E-state index in [-0.39, 0.29) is 36.4 Å². The number of unbranched alkanes of at least 4 members (excludes halogenated alkanes) is 1. The summed E-state index contributed by atoms with van der Waals surface area (Å²) in [6.07, 6.45) is 4.42. The third-order valence-corrected chi connectivity index (χ3v) is 4.83. The SMILES string of the molecule is CCCCNC(=NCc1ccc(COC2CCOCC2)cc1)NCC(=O)N(C)C.I. The fourth-order valence-corrected chi connectivity index (χ4v) is 2.84. The minimum atomic E-state index is 0. The van der Waals surface area contributed by atoms with E-state index in [1.807, 2.05) is 0 Å². The standard InChI is InChI=1S/C22H36N4O3.HI/c1-4-5-12-23-22(25-16-21(27)26(2)3)24-15-18-6-8-19(9-7-18)17-29-20-10-13-28-14-11-20;/h6-9,20H,4-5,10-17H2,1-3H3,(H2,23,24,25);1H. The molecule has 1 aromatic rings. The molecule has 7 nitrogen and oxygen atoms in total. The number of nitrogens with zero attached hydrogens (tertiary/aromatic N) is 2. The van der Waals surface area contributed by atoms with Crippen molar-refractivity contribution in [3.8, 4) is 0 Å². The number of carbonyl (C=O) groups excluding carboxylic acids is 1. The van der Waals surface area contributed by atoms with Gasteiger partial charge in [-0.25, -0.2) is 4.99 Å².